The fourth-order valence-electron chi connectivity index (χ4n) is 4.80. The summed E-state index contributed by atoms with van der Waals surface area (Å²) in [5.74, 6) is -0.497. The van der Waals surface area contributed by atoms with Gasteiger partial charge in [-0.2, -0.15) is 0 Å². The van der Waals surface area contributed by atoms with Gasteiger partial charge in [-0.1, -0.05) is 13.0 Å². The zero-order chi connectivity index (χ0) is 24.2. The molecule has 5 nitrogen and oxygen atoms in total. The van der Waals surface area contributed by atoms with Gasteiger partial charge in [0.2, 0.25) is 0 Å². The van der Waals surface area contributed by atoms with Crippen molar-refractivity contribution in [2.24, 2.45) is 0 Å². The molecule has 0 unspecified atom stereocenters. The Balaban J connectivity index is 1.77. The molecule has 0 bridgehead atoms. The first-order valence-electron chi connectivity index (χ1n) is 11.3. The van der Waals surface area contributed by atoms with Crippen LogP contribution in [0.2, 0.25) is 0 Å². The molecule has 2 aromatic carbocycles. The first-order chi connectivity index (χ1) is 15.4. The summed E-state index contributed by atoms with van der Waals surface area (Å²) in [6, 6.07) is 10.0. The minimum Gasteiger partial charge on any atom is -0.369 e. The van der Waals surface area contributed by atoms with Gasteiger partial charge >= 0.3 is 0 Å². The maximum Gasteiger partial charge on any atom is 0.270 e. The van der Waals surface area contributed by atoms with Crippen molar-refractivity contribution in [1.29, 1.82) is 0 Å². The molecular weight excluding hydrogens is 430 g/mol. The Morgan fingerprint density at radius 2 is 1.76 bits per heavy atom. The number of hydrogen-bond acceptors (Lipinski definition) is 4. The smallest absolute Gasteiger partial charge is 0.270 e. The predicted molar refractivity (Wildman–Crippen MR) is 139 cm³/mol. The largest absolute Gasteiger partial charge is 0.369 e. The van der Waals surface area contributed by atoms with Crippen molar-refractivity contribution < 1.29 is 9.59 Å². The van der Waals surface area contributed by atoms with E-state index in [0.717, 1.165) is 28.7 Å². The molecule has 2 aromatic rings. The van der Waals surface area contributed by atoms with E-state index in [1.807, 2.05) is 39.0 Å². The van der Waals surface area contributed by atoms with Crippen LogP contribution in [-0.4, -0.2) is 29.5 Å². The van der Waals surface area contributed by atoms with E-state index in [9.17, 15) is 9.59 Å². The Hall–Kier alpha value is -2.99. The Morgan fingerprint density at radius 1 is 1.06 bits per heavy atom. The SMILES string of the molecule is Cc1ccc(N2C(=O)/C(=C/c3cc4c(cc3C)N(C)C(C)(C)C[C@H]4C)C(=O)NC2=S)cc1C. The van der Waals surface area contributed by atoms with Crippen LogP contribution in [-0.2, 0) is 9.59 Å². The van der Waals surface area contributed by atoms with E-state index >= 15 is 0 Å². The quantitative estimate of drug-likeness (QED) is 0.381. The van der Waals surface area contributed by atoms with Gasteiger partial charge in [0, 0.05) is 18.3 Å². The molecule has 2 aliphatic heterocycles. The minimum absolute atomic E-state index is 0.0699. The number of hydrogen-bond donors (Lipinski definition) is 1. The summed E-state index contributed by atoms with van der Waals surface area (Å²) in [7, 11) is 2.13. The molecule has 2 amide bonds. The molecule has 33 heavy (non-hydrogen) atoms. The summed E-state index contributed by atoms with van der Waals surface area (Å²) >= 11 is 5.35. The Morgan fingerprint density at radius 3 is 2.42 bits per heavy atom. The Kier molecular flexibility index (Phi) is 5.69. The molecule has 1 N–H and O–H groups in total. The van der Waals surface area contributed by atoms with Gasteiger partial charge in [-0.15, -0.1) is 0 Å². The van der Waals surface area contributed by atoms with Crippen molar-refractivity contribution in [2.45, 2.75) is 59.4 Å². The second-order valence-electron chi connectivity index (χ2n) is 9.97. The maximum atomic E-state index is 13.5. The maximum absolute atomic E-state index is 13.5. The van der Waals surface area contributed by atoms with E-state index in [0.29, 0.717) is 11.6 Å². The molecule has 2 aliphatic rings. The summed E-state index contributed by atoms with van der Waals surface area (Å²) in [6.45, 7) is 12.8. The highest BCUT2D eigenvalue weighted by atomic mass is 32.1. The second-order valence-corrected chi connectivity index (χ2v) is 10.4. The summed E-state index contributed by atoms with van der Waals surface area (Å²) in [5.41, 5.74) is 7.32. The average Bonchev–Trinajstić information content (AvgIpc) is 2.72. The number of thiocarbonyl (C=S) groups is 1. The van der Waals surface area contributed by atoms with Crippen molar-refractivity contribution in [3.63, 3.8) is 0 Å². The first kappa shape index (κ1) is 23.2. The number of amides is 2. The van der Waals surface area contributed by atoms with Crippen LogP contribution in [0, 0.1) is 20.8 Å². The van der Waals surface area contributed by atoms with Gasteiger partial charge in [-0.3, -0.25) is 19.8 Å². The summed E-state index contributed by atoms with van der Waals surface area (Å²) in [5, 5.41) is 2.79. The standard InChI is InChI=1S/C27H31N3O2S/c1-15-8-9-20(10-16(15)2)30-25(32)22(24(31)28-26(30)33)13-19-12-21-18(4)14-27(5,6)29(7)23(21)11-17(19)3/h8-13,18H,14H2,1-7H3,(H,28,31,33)/b22-13+/t18-/m1/s1. The lowest BCUT2D eigenvalue weighted by Gasteiger charge is -2.45. The molecule has 1 fully saturated rings. The highest BCUT2D eigenvalue weighted by molar-refractivity contribution is 7.80. The third kappa shape index (κ3) is 3.97. The van der Waals surface area contributed by atoms with E-state index in [4.69, 9.17) is 12.2 Å². The van der Waals surface area contributed by atoms with Crippen LogP contribution in [0.4, 0.5) is 11.4 Å². The van der Waals surface area contributed by atoms with Crippen LogP contribution in [0.25, 0.3) is 6.08 Å². The fraction of sp³-hybridized carbons (Fsp3) is 0.370. The molecule has 0 saturated carbocycles. The number of benzene rings is 2. The van der Waals surface area contributed by atoms with Gasteiger partial charge in [0.15, 0.2) is 5.11 Å². The molecule has 0 aliphatic carbocycles. The number of carbonyl (C=O) groups is 2. The first-order valence-corrected chi connectivity index (χ1v) is 11.7. The lowest BCUT2D eigenvalue weighted by atomic mass is 9.79. The number of rotatable bonds is 2. The molecule has 0 radical (unpaired) electrons. The van der Waals surface area contributed by atoms with Crippen LogP contribution in [0.3, 0.4) is 0 Å². The molecular formula is C27H31N3O2S. The van der Waals surface area contributed by atoms with Crippen molar-refractivity contribution >= 4 is 46.6 Å². The zero-order valence-electron chi connectivity index (χ0n) is 20.4. The van der Waals surface area contributed by atoms with Gasteiger partial charge in [-0.25, -0.2) is 0 Å². The van der Waals surface area contributed by atoms with E-state index in [2.05, 4.69) is 50.2 Å². The van der Waals surface area contributed by atoms with E-state index in [-0.39, 0.29) is 16.2 Å². The Bertz CT molecular complexity index is 1230. The lowest BCUT2D eigenvalue weighted by molar-refractivity contribution is -0.122. The van der Waals surface area contributed by atoms with Gasteiger partial charge in [0.1, 0.15) is 5.57 Å². The normalized spacial score (nSPS) is 21.4. The van der Waals surface area contributed by atoms with Crippen LogP contribution in [0.15, 0.2) is 35.9 Å². The topological polar surface area (TPSA) is 52.7 Å². The number of anilines is 2. The van der Waals surface area contributed by atoms with Crippen LogP contribution in [0.1, 0.15) is 60.9 Å². The van der Waals surface area contributed by atoms with Crippen molar-refractivity contribution in [1.82, 2.24) is 5.32 Å². The van der Waals surface area contributed by atoms with E-state index in [1.165, 1.54) is 16.2 Å². The molecule has 0 aromatic heterocycles. The summed E-state index contributed by atoms with van der Waals surface area (Å²) < 4.78 is 0. The summed E-state index contributed by atoms with van der Waals surface area (Å²) in [6.07, 6.45) is 2.74. The fourth-order valence-corrected chi connectivity index (χ4v) is 5.08. The highest BCUT2D eigenvalue weighted by Crippen LogP contribution is 2.43. The number of carbonyl (C=O) groups excluding carboxylic acids is 2. The van der Waals surface area contributed by atoms with Crippen LogP contribution >= 0.6 is 12.2 Å². The van der Waals surface area contributed by atoms with E-state index in [1.54, 1.807) is 6.08 Å². The van der Waals surface area contributed by atoms with Gasteiger partial charge in [-0.05, 0) is 117 Å². The highest BCUT2D eigenvalue weighted by Gasteiger charge is 2.36. The number of aryl methyl sites for hydroxylation is 3. The van der Waals surface area contributed by atoms with Crippen molar-refractivity contribution in [3.05, 3.63) is 63.7 Å². The monoisotopic (exact) mass is 461 g/mol. The van der Waals surface area contributed by atoms with Gasteiger partial charge < -0.3 is 4.90 Å². The number of nitrogens with one attached hydrogen (secondary N) is 1. The Labute approximate surface area is 201 Å². The molecule has 2 heterocycles. The number of fused-ring (bicyclic) bond motifs is 1. The molecule has 6 heteroatoms. The van der Waals surface area contributed by atoms with Gasteiger partial charge in [0.05, 0.1) is 5.69 Å². The molecule has 172 valence electrons. The molecule has 0 spiro atoms. The second kappa shape index (κ2) is 8.10. The molecule has 1 saturated heterocycles. The van der Waals surface area contributed by atoms with Crippen molar-refractivity contribution in [3.8, 4) is 0 Å². The third-order valence-corrected chi connectivity index (χ3v) is 7.46. The minimum atomic E-state index is -0.464. The molecule has 1 atom stereocenters. The van der Waals surface area contributed by atoms with Crippen LogP contribution < -0.4 is 15.1 Å². The van der Waals surface area contributed by atoms with Crippen molar-refractivity contribution in [2.75, 3.05) is 16.8 Å². The lowest BCUT2D eigenvalue weighted by Crippen LogP contribution is -2.54. The predicted octanol–water partition coefficient (Wildman–Crippen LogP) is 5.17. The number of nitrogens with zero attached hydrogens (tertiary/aromatic N) is 2. The van der Waals surface area contributed by atoms with Gasteiger partial charge in [0.25, 0.3) is 11.8 Å². The van der Waals surface area contributed by atoms with E-state index < -0.39 is 11.8 Å². The third-order valence-electron chi connectivity index (χ3n) is 7.17. The van der Waals surface area contributed by atoms with Crippen LogP contribution in [0.5, 0.6) is 0 Å². The molecule has 4 rings (SSSR count). The zero-order valence-corrected chi connectivity index (χ0v) is 21.2. The summed E-state index contributed by atoms with van der Waals surface area (Å²) in [4.78, 5) is 30.0. The average molecular weight is 462 g/mol.